The Labute approximate surface area is 95.4 Å². The number of Topliss-reactive ketones (excluding diaryl/α,β-unsaturated/α-hetero) is 1. The third kappa shape index (κ3) is 2.68. The van der Waals surface area contributed by atoms with Crippen molar-refractivity contribution in [3.8, 4) is 0 Å². The molecule has 0 N–H and O–H groups in total. The Hall–Kier alpha value is -1.19. The van der Waals surface area contributed by atoms with Crippen LogP contribution in [0.2, 0.25) is 0 Å². The molecule has 0 radical (unpaired) electrons. The molecule has 86 valence electrons. The first kappa shape index (κ1) is 11.3. The highest BCUT2D eigenvalue weighted by Crippen LogP contribution is 2.22. The quantitative estimate of drug-likeness (QED) is 0.764. The van der Waals surface area contributed by atoms with Gasteiger partial charge in [0.1, 0.15) is 12.7 Å². The van der Waals surface area contributed by atoms with E-state index in [9.17, 15) is 4.79 Å². The maximum absolute atomic E-state index is 11.6. The lowest BCUT2D eigenvalue weighted by atomic mass is 10.0. The lowest BCUT2D eigenvalue weighted by Gasteiger charge is -2.35. The molecule has 1 aliphatic heterocycles. The van der Waals surface area contributed by atoms with Crippen molar-refractivity contribution in [3.05, 3.63) is 35.9 Å². The Morgan fingerprint density at radius 1 is 1.31 bits per heavy atom. The van der Waals surface area contributed by atoms with Gasteiger partial charge < -0.3 is 9.47 Å². The van der Waals surface area contributed by atoms with Gasteiger partial charge in [0.15, 0.2) is 11.6 Å². The molecule has 2 rings (SSSR count). The normalized spacial score (nSPS) is 24.4. The van der Waals surface area contributed by atoms with Crippen molar-refractivity contribution < 1.29 is 14.3 Å². The van der Waals surface area contributed by atoms with E-state index in [4.69, 9.17) is 9.47 Å². The number of hydrogen-bond donors (Lipinski definition) is 0. The van der Waals surface area contributed by atoms with Crippen LogP contribution in [0.4, 0.5) is 0 Å². The summed E-state index contributed by atoms with van der Waals surface area (Å²) in [4.78, 5) is 11.6. The lowest BCUT2D eigenvalue weighted by Crippen LogP contribution is -2.46. The summed E-state index contributed by atoms with van der Waals surface area (Å²) in [5.41, 5.74) is 1.11. The molecule has 1 heterocycles. The molecule has 0 bridgehead atoms. The summed E-state index contributed by atoms with van der Waals surface area (Å²) in [5, 5.41) is 0. The number of benzene rings is 1. The van der Waals surface area contributed by atoms with Gasteiger partial charge in [-0.05, 0) is 19.4 Å². The average molecular weight is 220 g/mol. The summed E-state index contributed by atoms with van der Waals surface area (Å²) in [5.74, 6) is -0.643. The van der Waals surface area contributed by atoms with Crippen molar-refractivity contribution in [1.82, 2.24) is 0 Å². The molecule has 3 heteroatoms. The van der Waals surface area contributed by atoms with Gasteiger partial charge in [0, 0.05) is 6.42 Å². The van der Waals surface area contributed by atoms with E-state index in [2.05, 4.69) is 0 Å². The van der Waals surface area contributed by atoms with E-state index in [1.165, 1.54) is 0 Å². The van der Waals surface area contributed by atoms with Crippen molar-refractivity contribution in [3.63, 3.8) is 0 Å². The summed E-state index contributed by atoms with van der Waals surface area (Å²) in [6, 6.07) is 9.88. The fourth-order valence-electron chi connectivity index (χ4n) is 1.76. The van der Waals surface area contributed by atoms with Crippen LogP contribution in [0.1, 0.15) is 19.4 Å². The van der Waals surface area contributed by atoms with Crippen molar-refractivity contribution in [2.75, 3.05) is 6.61 Å². The molecule has 3 nitrogen and oxygen atoms in total. The average Bonchev–Trinajstić information content (AvgIpc) is 2.25. The highest BCUT2D eigenvalue weighted by Gasteiger charge is 2.34. The predicted octanol–water partition coefficient (Wildman–Crippen LogP) is 1.95. The molecule has 1 atom stereocenters. The van der Waals surface area contributed by atoms with Crippen LogP contribution in [0.3, 0.4) is 0 Å². The van der Waals surface area contributed by atoms with Crippen molar-refractivity contribution >= 4 is 5.78 Å². The molecule has 0 aliphatic carbocycles. The maximum Gasteiger partial charge on any atom is 0.187 e. The fraction of sp³-hybridized carbons (Fsp3) is 0.462. The molecule has 0 unspecified atom stereocenters. The Morgan fingerprint density at radius 3 is 2.69 bits per heavy atom. The molecular weight excluding hydrogens is 204 g/mol. The number of carbonyl (C=O) groups excluding carboxylic acids is 1. The van der Waals surface area contributed by atoms with Gasteiger partial charge in [-0.25, -0.2) is 0 Å². The van der Waals surface area contributed by atoms with E-state index in [-0.39, 0.29) is 18.5 Å². The lowest BCUT2D eigenvalue weighted by molar-refractivity contribution is -0.257. The minimum Gasteiger partial charge on any atom is -0.343 e. The van der Waals surface area contributed by atoms with Crippen LogP contribution in [0, 0.1) is 0 Å². The van der Waals surface area contributed by atoms with Crippen molar-refractivity contribution in [2.45, 2.75) is 32.2 Å². The van der Waals surface area contributed by atoms with Gasteiger partial charge in [0.2, 0.25) is 0 Å². The van der Waals surface area contributed by atoms with Crippen LogP contribution in [0.25, 0.3) is 0 Å². The third-order valence-corrected chi connectivity index (χ3v) is 2.61. The van der Waals surface area contributed by atoms with Gasteiger partial charge in [-0.1, -0.05) is 30.3 Å². The summed E-state index contributed by atoms with van der Waals surface area (Å²) in [6.45, 7) is 3.80. The van der Waals surface area contributed by atoms with Crippen LogP contribution in [0.5, 0.6) is 0 Å². The van der Waals surface area contributed by atoms with Gasteiger partial charge in [-0.15, -0.1) is 0 Å². The summed E-state index contributed by atoms with van der Waals surface area (Å²) >= 11 is 0. The monoisotopic (exact) mass is 220 g/mol. The number of ether oxygens (including phenoxy) is 2. The first-order chi connectivity index (χ1) is 7.57. The summed E-state index contributed by atoms with van der Waals surface area (Å²) < 4.78 is 10.9. The van der Waals surface area contributed by atoms with Gasteiger partial charge >= 0.3 is 0 Å². The van der Waals surface area contributed by atoms with Gasteiger partial charge in [-0.2, -0.15) is 0 Å². The first-order valence-electron chi connectivity index (χ1n) is 5.45. The molecule has 1 aromatic carbocycles. The van der Waals surface area contributed by atoms with E-state index in [0.717, 1.165) is 5.56 Å². The Bertz CT molecular complexity index is 370. The molecule has 1 aliphatic rings. The summed E-state index contributed by atoms with van der Waals surface area (Å²) in [6.07, 6.45) is 0.234. The molecule has 0 aromatic heterocycles. The Kier molecular flexibility index (Phi) is 3.08. The zero-order valence-corrected chi connectivity index (χ0v) is 9.60. The van der Waals surface area contributed by atoms with E-state index in [0.29, 0.717) is 6.42 Å². The second kappa shape index (κ2) is 4.36. The Balaban J connectivity index is 2.06. The molecule has 0 amide bonds. The highest BCUT2D eigenvalue weighted by atomic mass is 16.7. The van der Waals surface area contributed by atoms with E-state index in [1.54, 1.807) is 0 Å². The van der Waals surface area contributed by atoms with Gasteiger partial charge in [0.05, 0.1) is 0 Å². The molecule has 1 aromatic rings. The summed E-state index contributed by atoms with van der Waals surface area (Å²) in [7, 11) is 0. The number of carbonyl (C=O) groups is 1. The molecule has 1 saturated heterocycles. The largest absolute Gasteiger partial charge is 0.343 e. The first-order valence-corrected chi connectivity index (χ1v) is 5.45. The molecule has 1 fully saturated rings. The minimum atomic E-state index is -0.659. The van der Waals surface area contributed by atoms with Crippen LogP contribution in [-0.2, 0) is 20.7 Å². The van der Waals surface area contributed by atoms with Crippen LogP contribution in [0.15, 0.2) is 30.3 Å². The van der Waals surface area contributed by atoms with Gasteiger partial charge in [0.25, 0.3) is 0 Å². The molecule has 0 spiro atoms. The van der Waals surface area contributed by atoms with Gasteiger partial charge in [-0.3, -0.25) is 4.79 Å². The number of ketones is 1. The zero-order chi connectivity index (χ0) is 11.6. The standard InChI is InChI=1S/C13H16O3/c1-13(2)15-9-11(14)12(16-13)8-10-6-4-3-5-7-10/h3-7,12H,8-9H2,1-2H3/t12-/m0/s1. The molecule has 0 saturated carbocycles. The number of rotatable bonds is 2. The van der Waals surface area contributed by atoms with E-state index < -0.39 is 5.79 Å². The maximum atomic E-state index is 11.6. The van der Waals surface area contributed by atoms with Crippen molar-refractivity contribution in [1.29, 1.82) is 0 Å². The topological polar surface area (TPSA) is 35.5 Å². The van der Waals surface area contributed by atoms with Crippen LogP contribution < -0.4 is 0 Å². The second-order valence-electron chi connectivity index (χ2n) is 4.45. The Morgan fingerprint density at radius 2 is 2.00 bits per heavy atom. The van der Waals surface area contributed by atoms with Crippen LogP contribution >= 0.6 is 0 Å². The molecule has 16 heavy (non-hydrogen) atoms. The van der Waals surface area contributed by atoms with Crippen molar-refractivity contribution in [2.24, 2.45) is 0 Å². The minimum absolute atomic E-state index is 0.0168. The number of hydrogen-bond acceptors (Lipinski definition) is 3. The van der Waals surface area contributed by atoms with Crippen LogP contribution in [-0.4, -0.2) is 24.3 Å². The zero-order valence-electron chi connectivity index (χ0n) is 9.60. The third-order valence-electron chi connectivity index (χ3n) is 2.61. The molecular formula is C13H16O3. The second-order valence-corrected chi connectivity index (χ2v) is 4.45. The fourth-order valence-corrected chi connectivity index (χ4v) is 1.76. The highest BCUT2D eigenvalue weighted by molar-refractivity contribution is 5.85. The smallest absolute Gasteiger partial charge is 0.187 e. The van der Waals surface area contributed by atoms with E-state index >= 15 is 0 Å². The van der Waals surface area contributed by atoms with E-state index in [1.807, 2.05) is 44.2 Å². The predicted molar refractivity (Wildman–Crippen MR) is 60.1 cm³/mol. The SMILES string of the molecule is CC1(C)OCC(=O)[C@H](Cc2ccccc2)O1.